The van der Waals surface area contributed by atoms with Gasteiger partial charge in [0.2, 0.25) is 5.91 Å². The number of carbonyl (C=O) groups is 1. The molecule has 4 rings (SSSR count). The zero-order chi connectivity index (χ0) is 20.2. The van der Waals surface area contributed by atoms with E-state index in [1.807, 2.05) is 48.7 Å². The number of carbonyl (C=O) groups excluding carboxylic acids is 1. The van der Waals surface area contributed by atoms with Gasteiger partial charge in [-0.3, -0.25) is 9.69 Å². The Hall–Kier alpha value is -3.14. The van der Waals surface area contributed by atoms with Gasteiger partial charge in [-0.2, -0.15) is 5.26 Å². The number of nitrogens with zero attached hydrogens (tertiary/aromatic N) is 4. The van der Waals surface area contributed by atoms with E-state index in [-0.39, 0.29) is 5.91 Å². The zero-order valence-electron chi connectivity index (χ0n) is 15.8. The Balaban J connectivity index is 1.35. The number of piperazine rings is 1. The second-order valence-corrected chi connectivity index (χ2v) is 7.51. The molecular weight excluding hydrogens is 386 g/mol. The predicted octanol–water partition coefficient (Wildman–Crippen LogP) is 3.37. The van der Waals surface area contributed by atoms with Gasteiger partial charge in [0.05, 0.1) is 18.2 Å². The van der Waals surface area contributed by atoms with E-state index in [0.29, 0.717) is 36.6 Å². The first-order chi connectivity index (χ1) is 14.1. The molecule has 7 heteroatoms. The third-order valence-corrected chi connectivity index (χ3v) is 5.18. The van der Waals surface area contributed by atoms with Crippen molar-refractivity contribution in [3.05, 3.63) is 82.4 Å². The topological polar surface area (TPSA) is 76.0 Å². The number of anilines is 1. The highest BCUT2D eigenvalue weighted by Crippen LogP contribution is 2.22. The van der Waals surface area contributed by atoms with Crippen LogP contribution < -0.4 is 4.90 Å². The molecule has 1 aliphatic rings. The van der Waals surface area contributed by atoms with Gasteiger partial charge in [0.15, 0.2) is 0 Å². The van der Waals surface area contributed by atoms with Crippen molar-refractivity contribution in [2.24, 2.45) is 0 Å². The summed E-state index contributed by atoms with van der Waals surface area (Å²) < 4.78 is 0. The first-order valence-electron chi connectivity index (χ1n) is 9.41. The molecule has 1 aromatic heterocycles. The minimum atomic E-state index is 0.0656. The number of benzene rings is 2. The fourth-order valence-corrected chi connectivity index (χ4v) is 3.67. The zero-order valence-corrected chi connectivity index (χ0v) is 16.6. The van der Waals surface area contributed by atoms with Gasteiger partial charge < -0.3 is 9.88 Å². The number of imidazole rings is 1. The second-order valence-electron chi connectivity index (χ2n) is 7.08. The summed E-state index contributed by atoms with van der Waals surface area (Å²) in [6.07, 6.45) is 2.50. The summed E-state index contributed by atoms with van der Waals surface area (Å²) in [7, 11) is 0. The van der Waals surface area contributed by atoms with E-state index in [9.17, 15) is 4.79 Å². The molecule has 1 aliphatic heterocycles. The van der Waals surface area contributed by atoms with Crippen LogP contribution in [0.1, 0.15) is 22.6 Å². The Kier molecular flexibility index (Phi) is 5.61. The summed E-state index contributed by atoms with van der Waals surface area (Å²) >= 11 is 6.05. The van der Waals surface area contributed by atoms with Gasteiger partial charge in [-0.25, -0.2) is 4.98 Å². The minimum Gasteiger partial charge on any atom is -0.345 e. The van der Waals surface area contributed by atoms with Gasteiger partial charge in [-0.15, -0.1) is 0 Å². The SMILES string of the molecule is N#Cc1ccc(Cc2ncc(CN3CCN(c4cccc(Cl)c4)C(=O)C3)[nH]2)cc1. The molecular formula is C22H20ClN5O. The highest BCUT2D eigenvalue weighted by molar-refractivity contribution is 6.30. The average molecular weight is 406 g/mol. The summed E-state index contributed by atoms with van der Waals surface area (Å²) in [6.45, 7) is 2.42. The van der Waals surface area contributed by atoms with Crippen molar-refractivity contribution in [1.29, 1.82) is 5.26 Å². The maximum absolute atomic E-state index is 12.6. The monoisotopic (exact) mass is 405 g/mol. The summed E-state index contributed by atoms with van der Waals surface area (Å²) in [5, 5.41) is 9.51. The van der Waals surface area contributed by atoms with Crippen LogP contribution in [0.15, 0.2) is 54.7 Å². The maximum Gasteiger partial charge on any atom is 0.241 e. The van der Waals surface area contributed by atoms with E-state index < -0.39 is 0 Å². The highest BCUT2D eigenvalue weighted by atomic mass is 35.5. The van der Waals surface area contributed by atoms with Crippen LogP contribution in [-0.4, -0.2) is 40.4 Å². The molecule has 1 amide bonds. The van der Waals surface area contributed by atoms with Crippen molar-refractivity contribution in [2.45, 2.75) is 13.0 Å². The number of aromatic nitrogens is 2. The van der Waals surface area contributed by atoms with Crippen molar-refractivity contribution in [3.63, 3.8) is 0 Å². The molecule has 0 spiro atoms. The number of amides is 1. The van der Waals surface area contributed by atoms with E-state index in [4.69, 9.17) is 16.9 Å². The number of nitrogens with one attached hydrogen (secondary N) is 1. The average Bonchev–Trinajstić information content (AvgIpc) is 3.15. The minimum absolute atomic E-state index is 0.0656. The molecule has 1 N–H and O–H groups in total. The van der Waals surface area contributed by atoms with Crippen LogP contribution in [0.5, 0.6) is 0 Å². The predicted molar refractivity (Wildman–Crippen MR) is 112 cm³/mol. The summed E-state index contributed by atoms with van der Waals surface area (Å²) in [4.78, 5) is 24.3. The lowest BCUT2D eigenvalue weighted by atomic mass is 10.1. The Morgan fingerprint density at radius 2 is 2.00 bits per heavy atom. The normalized spacial score (nSPS) is 14.8. The van der Waals surface area contributed by atoms with Crippen molar-refractivity contribution in [2.75, 3.05) is 24.5 Å². The van der Waals surface area contributed by atoms with Gasteiger partial charge in [-0.1, -0.05) is 29.8 Å². The van der Waals surface area contributed by atoms with Crippen molar-refractivity contribution >= 4 is 23.2 Å². The Labute approximate surface area is 174 Å². The molecule has 0 bridgehead atoms. The summed E-state index contributed by atoms with van der Waals surface area (Å²) in [6, 6.07) is 17.0. The summed E-state index contributed by atoms with van der Waals surface area (Å²) in [5.74, 6) is 0.935. The van der Waals surface area contributed by atoms with Crippen molar-refractivity contribution in [3.8, 4) is 6.07 Å². The first kappa shape index (κ1) is 19.2. The third-order valence-electron chi connectivity index (χ3n) is 4.95. The number of halogens is 1. The molecule has 3 aromatic rings. The molecule has 0 aliphatic carbocycles. The molecule has 0 saturated carbocycles. The van der Waals surface area contributed by atoms with Crippen LogP contribution >= 0.6 is 11.6 Å². The molecule has 0 unspecified atom stereocenters. The quantitative estimate of drug-likeness (QED) is 0.706. The van der Waals surface area contributed by atoms with Gasteiger partial charge in [0, 0.05) is 48.7 Å². The van der Waals surface area contributed by atoms with E-state index in [0.717, 1.165) is 29.3 Å². The molecule has 0 atom stereocenters. The summed E-state index contributed by atoms with van der Waals surface area (Å²) in [5.41, 5.74) is 3.57. The van der Waals surface area contributed by atoms with Crippen LogP contribution in [-0.2, 0) is 17.8 Å². The molecule has 2 aromatic carbocycles. The second kappa shape index (κ2) is 8.48. The van der Waals surface area contributed by atoms with E-state index in [2.05, 4.69) is 20.9 Å². The first-order valence-corrected chi connectivity index (χ1v) is 9.78. The molecule has 6 nitrogen and oxygen atoms in total. The van der Waals surface area contributed by atoms with Gasteiger partial charge >= 0.3 is 0 Å². The van der Waals surface area contributed by atoms with Gasteiger partial charge in [0.25, 0.3) is 0 Å². The fraction of sp³-hybridized carbons (Fsp3) is 0.227. The van der Waals surface area contributed by atoms with Gasteiger partial charge in [-0.05, 0) is 35.9 Å². The number of rotatable bonds is 5. The smallest absolute Gasteiger partial charge is 0.241 e. The van der Waals surface area contributed by atoms with Crippen LogP contribution in [0.3, 0.4) is 0 Å². The Morgan fingerprint density at radius 1 is 1.17 bits per heavy atom. The van der Waals surface area contributed by atoms with Crippen LogP contribution in [0, 0.1) is 11.3 Å². The molecule has 146 valence electrons. The van der Waals surface area contributed by atoms with Crippen molar-refractivity contribution in [1.82, 2.24) is 14.9 Å². The van der Waals surface area contributed by atoms with E-state index >= 15 is 0 Å². The number of hydrogen-bond acceptors (Lipinski definition) is 4. The van der Waals surface area contributed by atoms with Crippen molar-refractivity contribution < 1.29 is 4.79 Å². The molecule has 29 heavy (non-hydrogen) atoms. The lowest BCUT2D eigenvalue weighted by Crippen LogP contribution is -2.50. The number of H-pyrrole nitrogens is 1. The molecule has 2 heterocycles. The largest absolute Gasteiger partial charge is 0.345 e. The molecule has 1 fully saturated rings. The van der Waals surface area contributed by atoms with Crippen LogP contribution in [0.2, 0.25) is 5.02 Å². The number of hydrogen-bond donors (Lipinski definition) is 1. The lowest BCUT2D eigenvalue weighted by Gasteiger charge is -2.34. The third kappa shape index (κ3) is 4.65. The van der Waals surface area contributed by atoms with E-state index in [1.54, 1.807) is 11.0 Å². The van der Waals surface area contributed by atoms with Crippen LogP contribution in [0.25, 0.3) is 0 Å². The fourth-order valence-electron chi connectivity index (χ4n) is 3.48. The maximum atomic E-state index is 12.6. The Bertz CT molecular complexity index is 1050. The highest BCUT2D eigenvalue weighted by Gasteiger charge is 2.25. The number of nitriles is 1. The molecule has 0 radical (unpaired) electrons. The molecule has 1 saturated heterocycles. The van der Waals surface area contributed by atoms with Gasteiger partial charge in [0.1, 0.15) is 5.82 Å². The van der Waals surface area contributed by atoms with E-state index in [1.165, 1.54) is 0 Å². The Morgan fingerprint density at radius 3 is 2.72 bits per heavy atom. The lowest BCUT2D eigenvalue weighted by molar-refractivity contribution is -0.121. The van der Waals surface area contributed by atoms with Crippen LogP contribution in [0.4, 0.5) is 5.69 Å². The number of aromatic amines is 1. The standard InChI is InChI=1S/C22H20ClN5O/c23-18-2-1-3-20(11-18)28-9-8-27(15-22(28)29)14-19-13-25-21(26-19)10-16-4-6-17(12-24)7-5-16/h1-7,11,13H,8-10,14-15H2,(H,25,26).